The minimum absolute atomic E-state index is 0.209. The van der Waals surface area contributed by atoms with E-state index in [9.17, 15) is 5.11 Å². The maximum absolute atomic E-state index is 10.3. The molecule has 2 unspecified atom stereocenters. The molecule has 14 heavy (non-hydrogen) atoms. The van der Waals surface area contributed by atoms with E-state index in [1.165, 1.54) is 0 Å². The van der Waals surface area contributed by atoms with Gasteiger partial charge in [-0.05, 0) is 27.7 Å². The third kappa shape index (κ3) is 2.08. The molecule has 0 bridgehead atoms. The van der Waals surface area contributed by atoms with Crippen LogP contribution in [-0.2, 0) is 14.2 Å². The van der Waals surface area contributed by atoms with Gasteiger partial charge in [-0.2, -0.15) is 0 Å². The Hall–Kier alpha value is -0.160. The van der Waals surface area contributed by atoms with E-state index < -0.39 is 11.2 Å². The summed E-state index contributed by atoms with van der Waals surface area (Å²) in [5.74, 6) is 0. The lowest BCUT2D eigenvalue weighted by atomic mass is 9.82. The molecule has 1 aliphatic rings. The second-order valence-electron chi connectivity index (χ2n) is 4.23. The smallest absolute Gasteiger partial charge is 0.148 e. The highest BCUT2D eigenvalue weighted by Crippen LogP contribution is 2.34. The molecular formula is C10H20O4. The van der Waals surface area contributed by atoms with Crippen molar-refractivity contribution in [1.82, 2.24) is 0 Å². The lowest BCUT2D eigenvalue weighted by Gasteiger charge is -2.48. The summed E-state index contributed by atoms with van der Waals surface area (Å²) in [6.45, 7) is 8.58. The van der Waals surface area contributed by atoms with E-state index in [0.717, 1.165) is 0 Å². The molecule has 84 valence electrons. The fraction of sp³-hybridized carbons (Fsp3) is 1.00. The second kappa shape index (κ2) is 4.14. The van der Waals surface area contributed by atoms with Crippen LogP contribution in [0.2, 0.25) is 0 Å². The molecule has 4 nitrogen and oxygen atoms in total. The molecule has 1 heterocycles. The SMILES string of the molecule is CCOCC1OCOC(C)(C)C1(C)O. The van der Waals surface area contributed by atoms with Gasteiger partial charge in [-0.15, -0.1) is 0 Å². The van der Waals surface area contributed by atoms with Crippen LogP contribution in [0.3, 0.4) is 0 Å². The van der Waals surface area contributed by atoms with Crippen LogP contribution >= 0.6 is 0 Å². The summed E-state index contributed by atoms with van der Waals surface area (Å²) in [7, 11) is 0. The van der Waals surface area contributed by atoms with Crippen LogP contribution in [0.4, 0.5) is 0 Å². The topological polar surface area (TPSA) is 47.9 Å². The molecule has 0 aromatic rings. The van der Waals surface area contributed by atoms with Crippen molar-refractivity contribution >= 4 is 0 Å². The first-order chi connectivity index (χ1) is 6.42. The predicted octanol–water partition coefficient (Wildman–Crippen LogP) is 0.925. The normalized spacial score (nSPS) is 37.1. The lowest BCUT2D eigenvalue weighted by Crippen LogP contribution is -2.63. The van der Waals surface area contributed by atoms with E-state index in [0.29, 0.717) is 13.2 Å². The van der Waals surface area contributed by atoms with Gasteiger partial charge in [0.2, 0.25) is 0 Å². The molecule has 0 spiro atoms. The second-order valence-corrected chi connectivity index (χ2v) is 4.23. The third-order valence-corrected chi connectivity index (χ3v) is 3.01. The van der Waals surface area contributed by atoms with Gasteiger partial charge in [-0.25, -0.2) is 0 Å². The van der Waals surface area contributed by atoms with Gasteiger partial charge in [0.05, 0.1) is 12.2 Å². The maximum Gasteiger partial charge on any atom is 0.148 e. The van der Waals surface area contributed by atoms with Gasteiger partial charge < -0.3 is 19.3 Å². The van der Waals surface area contributed by atoms with Crippen LogP contribution in [-0.4, -0.2) is 42.4 Å². The minimum Gasteiger partial charge on any atom is -0.384 e. The minimum atomic E-state index is -1.03. The van der Waals surface area contributed by atoms with Gasteiger partial charge in [-0.3, -0.25) is 0 Å². The lowest BCUT2D eigenvalue weighted by molar-refractivity contribution is -0.313. The number of ether oxygens (including phenoxy) is 3. The molecule has 1 saturated heterocycles. The van der Waals surface area contributed by atoms with E-state index in [1.54, 1.807) is 6.92 Å². The Morgan fingerprint density at radius 3 is 2.64 bits per heavy atom. The largest absolute Gasteiger partial charge is 0.384 e. The van der Waals surface area contributed by atoms with Gasteiger partial charge in [0.25, 0.3) is 0 Å². The number of hydrogen-bond acceptors (Lipinski definition) is 4. The summed E-state index contributed by atoms with van der Waals surface area (Å²) in [6, 6.07) is 0. The van der Waals surface area contributed by atoms with Crippen LogP contribution in [0, 0.1) is 0 Å². The summed E-state index contributed by atoms with van der Waals surface area (Å²) in [5, 5.41) is 10.3. The number of hydrogen-bond donors (Lipinski definition) is 1. The molecule has 0 aromatic heterocycles. The van der Waals surface area contributed by atoms with Crippen LogP contribution in [0.25, 0.3) is 0 Å². The zero-order valence-corrected chi connectivity index (χ0v) is 9.37. The first kappa shape index (κ1) is 11.9. The molecule has 2 atom stereocenters. The van der Waals surface area contributed by atoms with E-state index in [2.05, 4.69) is 0 Å². The molecule has 0 aliphatic carbocycles. The molecule has 1 fully saturated rings. The zero-order valence-electron chi connectivity index (χ0n) is 9.37. The van der Waals surface area contributed by atoms with Crippen molar-refractivity contribution in [3.63, 3.8) is 0 Å². The Kier molecular flexibility index (Phi) is 3.53. The molecule has 4 heteroatoms. The average molecular weight is 204 g/mol. The average Bonchev–Trinajstić information content (AvgIpc) is 2.08. The molecule has 1 aliphatic heterocycles. The third-order valence-electron chi connectivity index (χ3n) is 3.01. The van der Waals surface area contributed by atoms with E-state index in [-0.39, 0.29) is 12.9 Å². The Labute approximate surface area is 85.2 Å². The maximum atomic E-state index is 10.3. The van der Waals surface area contributed by atoms with Gasteiger partial charge in [0.1, 0.15) is 18.5 Å². The summed E-state index contributed by atoms with van der Waals surface area (Å²) >= 11 is 0. The summed E-state index contributed by atoms with van der Waals surface area (Å²) < 4.78 is 16.0. The summed E-state index contributed by atoms with van der Waals surface area (Å²) in [5.41, 5.74) is -1.63. The van der Waals surface area contributed by atoms with Crippen molar-refractivity contribution in [2.24, 2.45) is 0 Å². The predicted molar refractivity (Wildman–Crippen MR) is 52.0 cm³/mol. The highest BCUT2D eigenvalue weighted by atomic mass is 16.7. The van der Waals surface area contributed by atoms with Crippen molar-refractivity contribution in [3.8, 4) is 0 Å². The Morgan fingerprint density at radius 1 is 1.43 bits per heavy atom. The van der Waals surface area contributed by atoms with Crippen molar-refractivity contribution in [1.29, 1.82) is 0 Å². The van der Waals surface area contributed by atoms with Crippen molar-refractivity contribution in [3.05, 3.63) is 0 Å². The quantitative estimate of drug-likeness (QED) is 0.742. The van der Waals surface area contributed by atoms with Gasteiger partial charge in [0.15, 0.2) is 0 Å². The van der Waals surface area contributed by atoms with Gasteiger partial charge >= 0.3 is 0 Å². The van der Waals surface area contributed by atoms with Crippen molar-refractivity contribution in [2.75, 3.05) is 20.0 Å². The Balaban J connectivity index is 2.66. The molecule has 0 saturated carbocycles. The molecule has 0 aromatic carbocycles. The summed E-state index contributed by atoms with van der Waals surface area (Å²) in [6.07, 6.45) is -0.328. The van der Waals surface area contributed by atoms with Gasteiger partial charge in [0, 0.05) is 6.61 Å². The van der Waals surface area contributed by atoms with Crippen LogP contribution in [0.5, 0.6) is 0 Å². The molecule has 1 rings (SSSR count). The first-order valence-corrected chi connectivity index (χ1v) is 4.97. The monoisotopic (exact) mass is 204 g/mol. The fourth-order valence-corrected chi connectivity index (χ4v) is 1.39. The molecular weight excluding hydrogens is 184 g/mol. The van der Waals surface area contributed by atoms with Crippen LogP contribution in [0.15, 0.2) is 0 Å². The van der Waals surface area contributed by atoms with E-state index in [1.807, 2.05) is 20.8 Å². The van der Waals surface area contributed by atoms with Crippen molar-refractivity contribution < 1.29 is 19.3 Å². The molecule has 0 radical (unpaired) electrons. The van der Waals surface area contributed by atoms with Crippen LogP contribution < -0.4 is 0 Å². The molecule has 0 amide bonds. The number of rotatable bonds is 3. The Bertz CT molecular complexity index is 189. The highest BCUT2D eigenvalue weighted by Gasteiger charge is 2.50. The summed E-state index contributed by atoms with van der Waals surface area (Å²) in [4.78, 5) is 0. The van der Waals surface area contributed by atoms with E-state index in [4.69, 9.17) is 14.2 Å². The highest BCUT2D eigenvalue weighted by molar-refractivity contribution is 4.99. The fourth-order valence-electron chi connectivity index (χ4n) is 1.39. The van der Waals surface area contributed by atoms with Crippen molar-refractivity contribution in [2.45, 2.75) is 45.0 Å². The number of aliphatic hydroxyl groups is 1. The van der Waals surface area contributed by atoms with Gasteiger partial charge in [-0.1, -0.05) is 0 Å². The van der Waals surface area contributed by atoms with E-state index >= 15 is 0 Å². The zero-order chi connectivity index (χ0) is 10.8. The standard InChI is InChI=1S/C10H20O4/c1-5-12-6-8-10(4,11)9(2,3)14-7-13-8/h8,11H,5-7H2,1-4H3. The van der Waals surface area contributed by atoms with Crippen LogP contribution in [0.1, 0.15) is 27.7 Å². The first-order valence-electron chi connectivity index (χ1n) is 4.97. The molecule has 1 N–H and O–H groups in total. The Morgan fingerprint density at radius 2 is 2.07 bits per heavy atom.